The molecule has 5 nitrogen and oxygen atoms in total. The second-order valence-electron chi connectivity index (χ2n) is 8.89. The minimum atomic E-state index is -0.410. The number of thioether (sulfide) groups is 1. The molecule has 1 spiro atoms. The number of carbonyl (C=O) groups is 2. The van der Waals surface area contributed by atoms with E-state index in [0.29, 0.717) is 17.4 Å². The molecule has 0 unspecified atom stereocenters. The summed E-state index contributed by atoms with van der Waals surface area (Å²) in [6.07, 6.45) is 3.82. The molecule has 2 N–H and O–H groups in total. The molecule has 27 heavy (non-hydrogen) atoms. The van der Waals surface area contributed by atoms with Crippen molar-refractivity contribution in [1.82, 2.24) is 10.2 Å². The molecular formula is C21H27N3O2S. The summed E-state index contributed by atoms with van der Waals surface area (Å²) in [4.78, 5) is 28.2. The van der Waals surface area contributed by atoms with Gasteiger partial charge in [-0.15, -0.1) is 0 Å². The minimum Gasteiger partial charge on any atom is -0.362 e. The molecule has 1 saturated heterocycles. The van der Waals surface area contributed by atoms with Crippen LogP contribution in [-0.2, 0) is 4.79 Å². The predicted octanol–water partition coefficient (Wildman–Crippen LogP) is 2.94. The zero-order valence-electron chi connectivity index (χ0n) is 15.8. The van der Waals surface area contributed by atoms with Gasteiger partial charge in [0, 0.05) is 42.1 Å². The number of nitrogens with zero attached hydrogens (tertiary/aromatic N) is 1. The molecule has 2 amide bonds. The summed E-state index contributed by atoms with van der Waals surface area (Å²) in [5, 5.41) is 6.98. The summed E-state index contributed by atoms with van der Waals surface area (Å²) in [6.45, 7) is 4.03. The van der Waals surface area contributed by atoms with Gasteiger partial charge in [0.05, 0.1) is 5.56 Å². The lowest BCUT2D eigenvalue weighted by Crippen LogP contribution is -2.70. The van der Waals surface area contributed by atoms with Crippen molar-refractivity contribution in [2.24, 2.45) is 17.3 Å². The van der Waals surface area contributed by atoms with Crippen molar-refractivity contribution in [2.45, 2.75) is 38.3 Å². The van der Waals surface area contributed by atoms with Gasteiger partial charge in [-0.05, 0) is 43.2 Å². The number of benzene rings is 1. The highest BCUT2D eigenvalue weighted by atomic mass is 32.2. The van der Waals surface area contributed by atoms with Crippen LogP contribution in [0.1, 0.15) is 43.0 Å². The Kier molecular flexibility index (Phi) is 3.97. The third-order valence-corrected chi connectivity index (χ3v) is 8.23. The molecule has 2 aliphatic heterocycles. The second kappa shape index (κ2) is 6.16. The highest BCUT2D eigenvalue weighted by Gasteiger charge is 2.60. The highest BCUT2D eigenvalue weighted by molar-refractivity contribution is 7.99. The van der Waals surface area contributed by atoms with Crippen molar-refractivity contribution in [3.05, 3.63) is 29.8 Å². The maximum absolute atomic E-state index is 13.3. The van der Waals surface area contributed by atoms with Gasteiger partial charge in [0.25, 0.3) is 5.91 Å². The van der Waals surface area contributed by atoms with E-state index in [0.717, 1.165) is 56.0 Å². The first-order valence-corrected chi connectivity index (χ1v) is 11.2. The maximum Gasteiger partial charge on any atom is 0.255 e. The van der Waals surface area contributed by atoms with Gasteiger partial charge in [-0.25, -0.2) is 0 Å². The van der Waals surface area contributed by atoms with Crippen molar-refractivity contribution in [3.63, 3.8) is 0 Å². The molecule has 2 bridgehead atoms. The molecule has 6 rings (SSSR count). The summed E-state index contributed by atoms with van der Waals surface area (Å²) in [6, 6.07) is 7.74. The van der Waals surface area contributed by atoms with E-state index in [1.54, 1.807) is 0 Å². The van der Waals surface area contributed by atoms with Crippen LogP contribution in [0.25, 0.3) is 0 Å². The van der Waals surface area contributed by atoms with Gasteiger partial charge in [0.2, 0.25) is 5.91 Å². The SMILES string of the molecule is C[C@@]12CC[C@H](C[C@@H]1C(=O)N1CCSCC1)[C@]1(C2)NC(=O)c2ccccc2N1. The van der Waals surface area contributed by atoms with Crippen LogP contribution in [0, 0.1) is 17.3 Å². The first-order valence-electron chi connectivity index (χ1n) is 10.1. The lowest BCUT2D eigenvalue weighted by Gasteiger charge is -2.61. The Hall–Kier alpha value is -1.69. The number of hydrogen-bond acceptors (Lipinski definition) is 4. The first kappa shape index (κ1) is 17.4. The molecule has 1 aromatic carbocycles. The molecule has 4 atom stereocenters. The number of carbonyl (C=O) groups excluding carboxylic acids is 2. The van der Waals surface area contributed by atoms with Gasteiger partial charge in [0.1, 0.15) is 5.66 Å². The largest absolute Gasteiger partial charge is 0.362 e. The Balaban J connectivity index is 1.43. The average Bonchev–Trinajstić information content (AvgIpc) is 2.68. The van der Waals surface area contributed by atoms with Crippen LogP contribution >= 0.6 is 11.8 Å². The predicted molar refractivity (Wildman–Crippen MR) is 108 cm³/mol. The number of anilines is 1. The lowest BCUT2D eigenvalue weighted by atomic mass is 9.51. The monoisotopic (exact) mass is 385 g/mol. The molecule has 5 aliphatic rings. The van der Waals surface area contributed by atoms with E-state index in [2.05, 4.69) is 22.5 Å². The van der Waals surface area contributed by atoms with Crippen molar-refractivity contribution < 1.29 is 9.59 Å². The Morgan fingerprint density at radius 1 is 1.22 bits per heavy atom. The molecule has 4 fully saturated rings. The maximum atomic E-state index is 13.3. The molecule has 3 aliphatic carbocycles. The molecule has 6 heteroatoms. The van der Waals surface area contributed by atoms with Crippen molar-refractivity contribution in [1.29, 1.82) is 0 Å². The summed E-state index contributed by atoms with van der Waals surface area (Å²) >= 11 is 1.94. The molecule has 3 saturated carbocycles. The van der Waals surface area contributed by atoms with Crippen LogP contribution in [0.4, 0.5) is 5.69 Å². The molecule has 144 valence electrons. The van der Waals surface area contributed by atoms with Crippen LogP contribution in [-0.4, -0.2) is 47.0 Å². The minimum absolute atomic E-state index is 0.0106. The van der Waals surface area contributed by atoms with Gasteiger partial charge in [-0.3, -0.25) is 9.59 Å². The van der Waals surface area contributed by atoms with E-state index in [1.165, 1.54) is 0 Å². The summed E-state index contributed by atoms with van der Waals surface area (Å²) in [7, 11) is 0. The van der Waals surface area contributed by atoms with Gasteiger partial charge in [-0.2, -0.15) is 11.8 Å². The number of para-hydroxylation sites is 1. The average molecular weight is 386 g/mol. The number of fused-ring (bicyclic) bond motifs is 3. The van der Waals surface area contributed by atoms with Crippen molar-refractivity contribution in [2.75, 3.05) is 29.9 Å². The fourth-order valence-corrected chi connectivity index (χ4v) is 6.74. The Morgan fingerprint density at radius 3 is 2.78 bits per heavy atom. The first-order chi connectivity index (χ1) is 13.0. The Morgan fingerprint density at radius 2 is 2.00 bits per heavy atom. The fraction of sp³-hybridized carbons (Fsp3) is 0.619. The summed E-state index contributed by atoms with van der Waals surface area (Å²) in [5.74, 6) is 2.84. The van der Waals surface area contributed by atoms with Crippen LogP contribution in [0.2, 0.25) is 0 Å². The Labute approximate surface area is 164 Å². The van der Waals surface area contributed by atoms with E-state index >= 15 is 0 Å². The zero-order chi connectivity index (χ0) is 18.6. The van der Waals surface area contributed by atoms with Gasteiger partial charge in [-0.1, -0.05) is 19.1 Å². The normalized spacial score (nSPS) is 37.5. The molecule has 0 radical (unpaired) electrons. The van der Waals surface area contributed by atoms with E-state index in [-0.39, 0.29) is 17.2 Å². The lowest BCUT2D eigenvalue weighted by molar-refractivity contribution is -0.150. The van der Waals surface area contributed by atoms with Gasteiger partial charge < -0.3 is 15.5 Å². The van der Waals surface area contributed by atoms with Crippen LogP contribution in [0.5, 0.6) is 0 Å². The molecule has 1 aromatic rings. The smallest absolute Gasteiger partial charge is 0.255 e. The van der Waals surface area contributed by atoms with Gasteiger partial charge >= 0.3 is 0 Å². The fourth-order valence-electron chi connectivity index (χ4n) is 5.83. The van der Waals surface area contributed by atoms with Crippen LogP contribution in [0.15, 0.2) is 24.3 Å². The van der Waals surface area contributed by atoms with Crippen molar-refractivity contribution in [3.8, 4) is 0 Å². The topological polar surface area (TPSA) is 61.4 Å². The Bertz CT molecular complexity index is 793. The quantitative estimate of drug-likeness (QED) is 0.780. The molecular weight excluding hydrogens is 358 g/mol. The number of rotatable bonds is 1. The number of amides is 2. The van der Waals surface area contributed by atoms with Gasteiger partial charge in [0.15, 0.2) is 0 Å². The van der Waals surface area contributed by atoms with Crippen molar-refractivity contribution >= 4 is 29.3 Å². The third kappa shape index (κ3) is 2.67. The number of nitrogens with one attached hydrogen (secondary N) is 2. The van der Waals surface area contributed by atoms with E-state index in [4.69, 9.17) is 0 Å². The zero-order valence-corrected chi connectivity index (χ0v) is 16.6. The summed E-state index contributed by atoms with van der Waals surface area (Å²) < 4.78 is 0. The molecule has 2 heterocycles. The van der Waals surface area contributed by atoms with E-state index in [9.17, 15) is 9.59 Å². The van der Waals surface area contributed by atoms with Crippen LogP contribution < -0.4 is 10.6 Å². The summed E-state index contributed by atoms with van der Waals surface area (Å²) in [5.41, 5.74) is 1.16. The third-order valence-electron chi connectivity index (χ3n) is 7.29. The van der Waals surface area contributed by atoms with E-state index in [1.807, 2.05) is 36.0 Å². The highest BCUT2D eigenvalue weighted by Crippen LogP contribution is 2.58. The number of hydrogen-bond donors (Lipinski definition) is 2. The standard InChI is InChI=1S/C21H27N3O2S/c1-20-7-6-14(12-16(20)19(26)24-8-10-27-11-9-24)21(13-20)22-17-5-3-2-4-15(17)18(25)23-21/h2-5,14,16,22H,6-13H2,1H3,(H,23,25)/t14-,16-,20+,21+/m1/s1. The van der Waals surface area contributed by atoms with Crippen LogP contribution in [0.3, 0.4) is 0 Å². The molecule has 0 aromatic heterocycles. The van der Waals surface area contributed by atoms with E-state index < -0.39 is 5.66 Å². The second-order valence-corrected chi connectivity index (χ2v) is 10.1.